The molecule has 2 aliphatic heterocycles. The van der Waals surface area contributed by atoms with E-state index >= 15 is 0 Å². The molecule has 0 bridgehead atoms. The molecule has 0 aromatic rings. The fourth-order valence-corrected chi connectivity index (χ4v) is 4.58. The summed E-state index contributed by atoms with van der Waals surface area (Å²) in [5.74, 6) is 7.25. The molecule has 1 saturated carbocycles. The summed E-state index contributed by atoms with van der Waals surface area (Å²) < 4.78 is 0. The molecule has 0 radical (unpaired) electrons. The smallest absolute Gasteiger partial charge is 0.0801 e. The van der Waals surface area contributed by atoms with Crippen LogP contribution in [0.5, 0.6) is 0 Å². The molecule has 2 saturated heterocycles. The molecule has 3 rings (SSSR count). The topological polar surface area (TPSA) is 18.5 Å². The summed E-state index contributed by atoms with van der Waals surface area (Å²) in [5.41, 5.74) is 0.115. The van der Waals surface area contributed by atoms with Crippen molar-refractivity contribution in [2.45, 2.75) is 76.2 Å². The van der Waals surface area contributed by atoms with Gasteiger partial charge in [-0.25, -0.2) is 0 Å². The molecule has 1 N–H and O–H groups in total. The summed E-state index contributed by atoms with van der Waals surface area (Å²) in [6.07, 6.45) is 14.9. The van der Waals surface area contributed by atoms with E-state index in [1.807, 2.05) is 0 Å². The van der Waals surface area contributed by atoms with E-state index < -0.39 is 0 Å². The molecule has 0 unspecified atom stereocenters. The Morgan fingerprint density at radius 1 is 0.708 bits per heavy atom. The van der Waals surface area contributed by atoms with Gasteiger partial charge in [-0.3, -0.25) is 10.2 Å². The van der Waals surface area contributed by atoms with Crippen LogP contribution in [0.4, 0.5) is 0 Å². The largest absolute Gasteiger partial charge is 0.302 e. The van der Waals surface area contributed by atoms with Gasteiger partial charge in [0.2, 0.25) is 0 Å². The first-order chi connectivity index (χ1) is 11.9. The number of rotatable bonds is 5. The van der Waals surface area contributed by atoms with E-state index in [-0.39, 0.29) is 5.54 Å². The summed E-state index contributed by atoms with van der Waals surface area (Å²) >= 11 is 0. The predicted octanol–water partition coefficient (Wildman–Crippen LogP) is 3.25. The first kappa shape index (κ1) is 18.2. The van der Waals surface area contributed by atoms with E-state index in [0.29, 0.717) is 0 Å². The Morgan fingerprint density at radius 2 is 1.29 bits per heavy atom. The highest BCUT2D eigenvalue weighted by atomic mass is 15.1. The molecule has 0 aromatic heterocycles. The Hall–Kier alpha value is -0.560. The molecule has 0 atom stereocenters. The summed E-state index contributed by atoms with van der Waals surface area (Å²) in [4.78, 5) is 5.18. The minimum atomic E-state index is 0.115. The summed E-state index contributed by atoms with van der Waals surface area (Å²) in [6.45, 7) is 8.41. The lowest BCUT2D eigenvalue weighted by molar-refractivity contribution is 0.213. The van der Waals surface area contributed by atoms with Crippen molar-refractivity contribution >= 4 is 0 Å². The number of likely N-dealkylation sites (tertiary alicyclic amines) is 2. The first-order valence-corrected chi connectivity index (χ1v) is 10.6. The molecule has 24 heavy (non-hydrogen) atoms. The van der Waals surface area contributed by atoms with Crippen molar-refractivity contribution in [1.29, 1.82) is 0 Å². The molecule has 0 spiro atoms. The maximum atomic E-state index is 3.89. The fourth-order valence-electron chi connectivity index (χ4n) is 4.58. The second-order valence-corrected chi connectivity index (χ2v) is 8.11. The van der Waals surface area contributed by atoms with Gasteiger partial charge in [0.15, 0.2) is 0 Å². The molecule has 0 amide bonds. The number of nitrogens with one attached hydrogen (secondary N) is 1. The van der Waals surface area contributed by atoms with Crippen molar-refractivity contribution in [3.63, 3.8) is 0 Å². The van der Waals surface area contributed by atoms with Crippen LogP contribution in [0.3, 0.4) is 0 Å². The Balaban J connectivity index is 1.47. The molecular formula is C21H37N3. The number of piperidine rings is 2. The molecule has 1 aliphatic carbocycles. The van der Waals surface area contributed by atoms with E-state index in [0.717, 1.165) is 13.1 Å². The van der Waals surface area contributed by atoms with Gasteiger partial charge in [-0.2, -0.15) is 0 Å². The third-order valence-corrected chi connectivity index (χ3v) is 6.13. The van der Waals surface area contributed by atoms with Gasteiger partial charge in [0.05, 0.1) is 12.1 Å². The molecule has 0 aromatic carbocycles. The van der Waals surface area contributed by atoms with Gasteiger partial charge in [-0.15, -0.1) is 0 Å². The van der Waals surface area contributed by atoms with Gasteiger partial charge >= 0.3 is 0 Å². The van der Waals surface area contributed by atoms with Crippen molar-refractivity contribution in [2.24, 2.45) is 0 Å². The van der Waals surface area contributed by atoms with Crippen LogP contribution in [0.15, 0.2) is 0 Å². The van der Waals surface area contributed by atoms with Gasteiger partial charge in [0.25, 0.3) is 0 Å². The zero-order valence-corrected chi connectivity index (χ0v) is 15.6. The maximum Gasteiger partial charge on any atom is 0.0801 e. The van der Waals surface area contributed by atoms with Crippen molar-refractivity contribution < 1.29 is 0 Å². The van der Waals surface area contributed by atoms with Crippen molar-refractivity contribution in [2.75, 3.05) is 45.8 Å². The highest BCUT2D eigenvalue weighted by Crippen LogP contribution is 2.27. The van der Waals surface area contributed by atoms with Crippen LogP contribution in [0.2, 0.25) is 0 Å². The second kappa shape index (κ2) is 9.80. The molecule has 136 valence electrons. The highest BCUT2D eigenvalue weighted by Gasteiger charge is 2.29. The predicted molar refractivity (Wildman–Crippen MR) is 102 cm³/mol. The van der Waals surface area contributed by atoms with E-state index in [1.54, 1.807) is 0 Å². The van der Waals surface area contributed by atoms with E-state index in [2.05, 4.69) is 27.0 Å². The Labute approximate surface area is 149 Å². The minimum Gasteiger partial charge on any atom is -0.302 e. The monoisotopic (exact) mass is 331 g/mol. The average Bonchev–Trinajstić information content (AvgIpc) is 2.64. The molecule has 3 nitrogen and oxygen atoms in total. The first-order valence-electron chi connectivity index (χ1n) is 10.6. The van der Waals surface area contributed by atoms with Crippen LogP contribution < -0.4 is 5.32 Å². The van der Waals surface area contributed by atoms with Crippen LogP contribution in [0.25, 0.3) is 0 Å². The van der Waals surface area contributed by atoms with Crippen LogP contribution in [0, 0.1) is 11.8 Å². The molecule has 2 heterocycles. The van der Waals surface area contributed by atoms with Crippen molar-refractivity contribution in [3.05, 3.63) is 0 Å². The van der Waals surface area contributed by atoms with Crippen molar-refractivity contribution in [1.82, 2.24) is 15.1 Å². The zero-order valence-electron chi connectivity index (χ0n) is 15.6. The lowest BCUT2D eigenvalue weighted by Crippen LogP contribution is -2.49. The molecular weight excluding hydrogens is 294 g/mol. The van der Waals surface area contributed by atoms with Crippen LogP contribution in [-0.4, -0.2) is 61.2 Å². The summed E-state index contributed by atoms with van der Waals surface area (Å²) in [7, 11) is 0. The Bertz CT molecular complexity index is 405. The van der Waals surface area contributed by atoms with Crippen LogP contribution in [0.1, 0.15) is 70.6 Å². The van der Waals surface area contributed by atoms with Crippen LogP contribution >= 0.6 is 0 Å². The van der Waals surface area contributed by atoms with Gasteiger partial charge in [-0.1, -0.05) is 43.9 Å². The number of nitrogens with zero attached hydrogens (tertiary/aromatic N) is 2. The lowest BCUT2D eigenvalue weighted by Gasteiger charge is -2.35. The molecule has 3 fully saturated rings. The third-order valence-electron chi connectivity index (χ3n) is 6.13. The van der Waals surface area contributed by atoms with E-state index in [9.17, 15) is 0 Å². The van der Waals surface area contributed by atoms with Crippen molar-refractivity contribution in [3.8, 4) is 11.8 Å². The van der Waals surface area contributed by atoms with Gasteiger partial charge in [0, 0.05) is 13.1 Å². The molecule has 3 heteroatoms. The quantitative estimate of drug-likeness (QED) is 0.780. The SMILES string of the molecule is C(#CC1(NCCN2CCCCC2)CCCCC1)CN1CCCCC1. The second-order valence-electron chi connectivity index (χ2n) is 8.11. The standard InChI is InChI=1S/C21H37N3/c1-4-11-21(12-5-1,13-10-19-23-15-6-2-7-16-23)22-14-20-24-17-8-3-9-18-24/h22H,1-9,11-12,14-20H2. The summed E-state index contributed by atoms with van der Waals surface area (Å²) in [6, 6.07) is 0. The molecule has 3 aliphatic rings. The maximum absolute atomic E-state index is 3.89. The van der Waals surface area contributed by atoms with Gasteiger partial charge < -0.3 is 4.90 Å². The van der Waals surface area contributed by atoms with E-state index in [1.165, 1.54) is 103 Å². The van der Waals surface area contributed by atoms with Gasteiger partial charge in [-0.05, 0) is 64.7 Å². The Morgan fingerprint density at radius 3 is 1.96 bits per heavy atom. The van der Waals surface area contributed by atoms with E-state index in [4.69, 9.17) is 0 Å². The summed E-state index contributed by atoms with van der Waals surface area (Å²) in [5, 5.41) is 3.89. The number of hydrogen-bond acceptors (Lipinski definition) is 3. The van der Waals surface area contributed by atoms with Gasteiger partial charge in [0.1, 0.15) is 0 Å². The fraction of sp³-hybridized carbons (Fsp3) is 0.905. The highest BCUT2D eigenvalue weighted by molar-refractivity contribution is 5.19. The van der Waals surface area contributed by atoms with Crippen LogP contribution in [-0.2, 0) is 0 Å². The third kappa shape index (κ3) is 5.76. The normalized spacial score (nSPS) is 25.8. The minimum absolute atomic E-state index is 0.115. The Kier molecular flexibility index (Phi) is 7.45. The average molecular weight is 332 g/mol. The number of hydrogen-bond donors (Lipinski definition) is 1. The lowest BCUT2D eigenvalue weighted by atomic mass is 9.82. The zero-order chi connectivity index (χ0) is 16.5.